The highest BCUT2D eigenvalue weighted by molar-refractivity contribution is 5.34. The zero-order valence-corrected chi connectivity index (χ0v) is 8.08. The van der Waals surface area contributed by atoms with E-state index in [1.165, 1.54) is 0 Å². The first kappa shape index (κ1) is 9.27. The summed E-state index contributed by atoms with van der Waals surface area (Å²) in [7, 11) is 0. The van der Waals surface area contributed by atoms with Crippen LogP contribution in [0.3, 0.4) is 0 Å². The fourth-order valence-electron chi connectivity index (χ4n) is 1.69. The number of aryl methyl sites for hydroxylation is 1. The van der Waals surface area contributed by atoms with E-state index in [9.17, 15) is 9.90 Å². The lowest BCUT2D eigenvalue weighted by Crippen LogP contribution is -2.23. The van der Waals surface area contributed by atoms with Crippen molar-refractivity contribution in [3.05, 3.63) is 27.7 Å². The summed E-state index contributed by atoms with van der Waals surface area (Å²) in [5.41, 5.74) is 6.59. The number of rotatable bonds is 2. The predicted octanol–water partition coefficient (Wildman–Crippen LogP) is 0.799. The van der Waals surface area contributed by atoms with Gasteiger partial charge in [0.15, 0.2) is 0 Å². The molecule has 1 aliphatic carbocycles. The second-order valence-electron chi connectivity index (χ2n) is 3.94. The minimum absolute atomic E-state index is 0.0191. The molecule has 0 spiro atoms. The Bertz CT molecular complexity index is 407. The molecule has 4 heteroatoms. The van der Waals surface area contributed by atoms with Crippen LogP contribution in [0.2, 0.25) is 0 Å². The van der Waals surface area contributed by atoms with Gasteiger partial charge in [-0.05, 0) is 31.7 Å². The molecule has 0 aromatic carbocycles. The van der Waals surface area contributed by atoms with Gasteiger partial charge in [0.25, 0.3) is 5.56 Å². The summed E-state index contributed by atoms with van der Waals surface area (Å²) in [6.45, 7) is 1.73. The van der Waals surface area contributed by atoms with Crippen molar-refractivity contribution in [1.29, 1.82) is 0 Å². The first-order chi connectivity index (χ1) is 6.59. The third-order valence-corrected chi connectivity index (χ3v) is 2.65. The summed E-state index contributed by atoms with van der Waals surface area (Å²) in [5, 5.41) is 9.62. The topological polar surface area (TPSA) is 79.1 Å². The van der Waals surface area contributed by atoms with Gasteiger partial charge in [0.05, 0.1) is 5.56 Å². The van der Waals surface area contributed by atoms with E-state index in [1.807, 2.05) is 0 Å². The Kier molecular flexibility index (Phi) is 2.07. The van der Waals surface area contributed by atoms with Crippen molar-refractivity contribution < 1.29 is 5.11 Å². The van der Waals surface area contributed by atoms with Crippen molar-refractivity contribution in [2.45, 2.75) is 25.8 Å². The molecule has 0 bridgehead atoms. The maximum Gasteiger partial charge on any atom is 0.256 e. The van der Waals surface area contributed by atoms with Gasteiger partial charge in [-0.2, -0.15) is 0 Å². The third kappa shape index (κ3) is 1.53. The molecule has 1 fully saturated rings. The average Bonchev–Trinajstić information content (AvgIpc) is 2.83. The standard InChI is InChI=1S/C10H14N2O2/c1-5-4-7(13)8(10(14)12-5)9(11)6-2-3-6/h4,6,9H,2-3,11H2,1H3,(H2,12,13,14). The van der Waals surface area contributed by atoms with E-state index in [-0.39, 0.29) is 17.4 Å². The molecule has 76 valence electrons. The number of aromatic nitrogens is 1. The first-order valence-corrected chi connectivity index (χ1v) is 4.78. The minimum atomic E-state index is -0.320. The highest BCUT2D eigenvalue weighted by atomic mass is 16.3. The molecule has 0 radical (unpaired) electrons. The molecule has 1 atom stereocenters. The highest BCUT2D eigenvalue weighted by Crippen LogP contribution is 2.40. The number of H-pyrrole nitrogens is 1. The Balaban J connectivity index is 2.45. The Morgan fingerprint density at radius 1 is 1.64 bits per heavy atom. The summed E-state index contributed by atoms with van der Waals surface area (Å²) in [6.07, 6.45) is 2.10. The lowest BCUT2D eigenvalue weighted by atomic mass is 10.0. The first-order valence-electron chi connectivity index (χ1n) is 4.78. The Hall–Kier alpha value is -1.29. The monoisotopic (exact) mass is 194 g/mol. The minimum Gasteiger partial charge on any atom is -0.507 e. The molecular formula is C10H14N2O2. The molecule has 1 unspecified atom stereocenters. The number of hydrogen-bond donors (Lipinski definition) is 3. The van der Waals surface area contributed by atoms with Gasteiger partial charge >= 0.3 is 0 Å². The fraction of sp³-hybridized carbons (Fsp3) is 0.500. The lowest BCUT2D eigenvalue weighted by molar-refractivity contribution is 0.452. The van der Waals surface area contributed by atoms with Gasteiger partial charge in [-0.3, -0.25) is 4.79 Å². The van der Waals surface area contributed by atoms with Gasteiger partial charge in [-0.15, -0.1) is 0 Å². The number of nitrogens with one attached hydrogen (secondary N) is 1. The molecule has 1 heterocycles. The number of aromatic amines is 1. The largest absolute Gasteiger partial charge is 0.507 e. The molecule has 1 saturated carbocycles. The van der Waals surface area contributed by atoms with Gasteiger partial charge in [0.2, 0.25) is 0 Å². The van der Waals surface area contributed by atoms with Crippen LogP contribution in [0.25, 0.3) is 0 Å². The maximum absolute atomic E-state index is 11.5. The smallest absolute Gasteiger partial charge is 0.256 e. The van der Waals surface area contributed by atoms with Crippen molar-refractivity contribution >= 4 is 0 Å². The maximum atomic E-state index is 11.5. The molecular weight excluding hydrogens is 180 g/mol. The van der Waals surface area contributed by atoms with E-state index >= 15 is 0 Å². The van der Waals surface area contributed by atoms with Crippen molar-refractivity contribution in [2.75, 3.05) is 0 Å². The van der Waals surface area contributed by atoms with Crippen LogP contribution in [0, 0.1) is 12.8 Å². The molecule has 14 heavy (non-hydrogen) atoms. The van der Waals surface area contributed by atoms with Crippen LogP contribution in [-0.2, 0) is 0 Å². The quantitative estimate of drug-likeness (QED) is 0.651. The predicted molar refractivity (Wildman–Crippen MR) is 53.1 cm³/mol. The van der Waals surface area contributed by atoms with Crippen LogP contribution < -0.4 is 11.3 Å². The van der Waals surface area contributed by atoms with Gasteiger partial charge < -0.3 is 15.8 Å². The summed E-state index contributed by atoms with van der Waals surface area (Å²) in [4.78, 5) is 14.2. The van der Waals surface area contributed by atoms with Gasteiger partial charge in [-0.25, -0.2) is 0 Å². The molecule has 1 aliphatic rings. The highest BCUT2D eigenvalue weighted by Gasteiger charge is 2.32. The summed E-state index contributed by atoms with van der Waals surface area (Å²) in [6, 6.07) is 1.22. The van der Waals surface area contributed by atoms with E-state index in [1.54, 1.807) is 13.0 Å². The molecule has 4 nitrogen and oxygen atoms in total. The number of hydrogen-bond acceptors (Lipinski definition) is 3. The molecule has 0 saturated heterocycles. The van der Waals surface area contributed by atoms with Crippen molar-refractivity contribution in [3.63, 3.8) is 0 Å². The number of pyridine rings is 1. The van der Waals surface area contributed by atoms with E-state index in [0.29, 0.717) is 17.2 Å². The number of nitrogens with two attached hydrogens (primary N) is 1. The summed E-state index contributed by atoms with van der Waals surface area (Å²) >= 11 is 0. The zero-order valence-electron chi connectivity index (χ0n) is 8.08. The summed E-state index contributed by atoms with van der Waals surface area (Å²) in [5.74, 6) is 0.385. The van der Waals surface area contributed by atoms with E-state index in [2.05, 4.69) is 4.98 Å². The van der Waals surface area contributed by atoms with Crippen LogP contribution in [0.15, 0.2) is 10.9 Å². The fourth-order valence-corrected chi connectivity index (χ4v) is 1.69. The van der Waals surface area contributed by atoms with Crippen LogP contribution >= 0.6 is 0 Å². The normalized spacial score (nSPS) is 18.1. The van der Waals surface area contributed by atoms with Gasteiger partial charge in [0, 0.05) is 11.7 Å². The second kappa shape index (κ2) is 3.13. The van der Waals surface area contributed by atoms with E-state index < -0.39 is 0 Å². The Labute approximate surface area is 81.8 Å². The van der Waals surface area contributed by atoms with Crippen LogP contribution in [0.4, 0.5) is 0 Å². The number of aromatic hydroxyl groups is 1. The molecule has 0 amide bonds. The third-order valence-electron chi connectivity index (χ3n) is 2.65. The molecule has 4 N–H and O–H groups in total. The average molecular weight is 194 g/mol. The molecule has 1 aromatic rings. The molecule has 0 aliphatic heterocycles. The van der Waals surface area contributed by atoms with Crippen molar-refractivity contribution in [3.8, 4) is 5.75 Å². The summed E-state index contributed by atoms with van der Waals surface area (Å²) < 4.78 is 0. The van der Waals surface area contributed by atoms with Crippen LogP contribution in [-0.4, -0.2) is 10.1 Å². The Morgan fingerprint density at radius 2 is 2.29 bits per heavy atom. The molecule has 2 rings (SSSR count). The second-order valence-corrected chi connectivity index (χ2v) is 3.94. The van der Waals surface area contributed by atoms with E-state index in [0.717, 1.165) is 12.8 Å². The van der Waals surface area contributed by atoms with E-state index in [4.69, 9.17) is 5.73 Å². The van der Waals surface area contributed by atoms with Gasteiger partial charge in [0.1, 0.15) is 5.75 Å². The zero-order chi connectivity index (χ0) is 10.3. The lowest BCUT2D eigenvalue weighted by Gasteiger charge is -2.11. The van der Waals surface area contributed by atoms with Crippen molar-refractivity contribution in [1.82, 2.24) is 4.98 Å². The SMILES string of the molecule is Cc1cc(O)c(C(N)C2CC2)c(=O)[nH]1. The van der Waals surface area contributed by atoms with Gasteiger partial charge in [-0.1, -0.05) is 0 Å². The van der Waals surface area contributed by atoms with Crippen molar-refractivity contribution in [2.24, 2.45) is 11.7 Å². The Morgan fingerprint density at radius 3 is 2.79 bits per heavy atom. The molecule has 1 aromatic heterocycles. The van der Waals surface area contributed by atoms with Crippen LogP contribution in [0.5, 0.6) is 5.75 Å². The van der Waals surface area contributed by atoms with Crippen LogP contribution in [0.1, 0.15) is 30.1 Å².